The Hall–Kier alpha value is 0.0700. The number of halogens is 3. The maximum atomic E-state index is 6.04. The predicted molar refractivity (Wildman–Crippen MR) is 72.3 cm³/mol. The van der Waals surface area contributed by atoms with Crippen molar-refractivity contribution in [3.05, 3.63) is 37.9 Å². The van der Waals surface area contributed by atoms with Crippen LogP contribution in [-0.2, 0) is 0 Å². The van der Waals surface area contributed by atoms with Crippen molar-refractivity contribution in [2.24, 2.45) is 0 Å². The molecule has 4 heteroatoms. The summed E-state index contributed by atoms with van der Waals surface area (Å²) < 4.78 is 1.13. The van der Waals surface area contributed by atoms with E-state index < -0.39 is 0 Å². The molecule has 1 aromatic carbocycles. The fourth-order valence-corrected chi connectivity index (χ4v) is 1.91. The Kier molecular flexibility index (Phi) is 5.06. The topological polar surface area (TPSA) is 12.0 Å². The molecule has 1 N–H and O–H groups in total. The number of nitrogens with one attached hydrogen (secondary N) is 1. The molecule has 0 aromatic heterocycles. The van der Waals surface area contributed by atoms with Crippen molar-refractivity contribution in [2.75, 3.05) is 11.9 Å². The summed E-state index contributed by atoms with van der Waals surface area (Å²) in [4.78, 5) is 0. The van der Waals surface area contributed by atoms with Gasteiger partial charge in [-0.3, -0.25) is 0 Å². The van der Waals surface area contributed by atoms with Crippen molar-refractivity contribution < 1.29 is 0 Å². The minimum Gasteiger partial charge on any atom is -0.380 e. The van der Waals surface area contributed by atoms with Gasteiger partial charge in [0.25, 0.3) is 0 Å². The zero-order valence-corrected chi connectivity index (χ0v) is 11.3. The predicted octanol–water partition coefficient (Wildman–Crippen LogP) is 4.50. The van der Waals surface area contributed by atoms with Gasteiger partial charge < -0.3 is 5.32 Å². The molecule has 0 aliphatic carbocycles. The van der Waals surface area contributed by atoms with Crippen molar-refractivity contribution in [1.29, 1.82) is 0 Å². The number of benzene rings is 1. The summed E-state index contributed by atoms with van der Waals surface area (Å²) in [5.74, 6) is 0. The molecular weight excluding hydrogens is 332 g/mol. The van der Waals surface area contributed by atoms with Crippen LogP contribution >= 0.6 is 45.8 Å². The zero-order valence-electron chi connectivity index (χ0n) is 7.65. The second-order valence-corrected chi connectivity index (χ2v) is 4.80. The maximum absolute atomic E-state index is 6.04. The molecule has 0 unspecified atom stereocenters. The zero-order chi connectivity index (χ0) is 10.6. The van der Waals surface area contributed by atoms with Gasteiger partial charge in [-0.05, 0) is 53.3 Å². The van der Waals surface area contributed by atoms with Gasteiger partial charge in [0, 0.05) is 15.7 Å². The van der Waals surface area contributed by atoms with Crippen molar-refractivity contribution in [2.45, 2.75) is 6.92 Å². The summed E-state index contributed by atoms with van der Waals surface area (Å²) in [5, 5.41) is 3.94. The van der Waals surface area contributed by atoms with Crippen LogP contribution < -0.4 is 5.32 Å². The molecule has 0 saturated heterocycles. The molecule has 0 aliphatic rings. The molecule has 0 atom stereocenters. The Morgan fingerprint density at radius 2 is 2.29 bits per heavy atom. The van der Waals surface area contributed by atoms with E-state index in [0.29, 0.717) is 6.54 Å². The number of anilines is 1. The molecule has 1 nitrogen and oxygen atoms in total. The van der Waals surface area contributed by atoms with Gasteiger partial charge in [0.05, 0.1) is 10.7 Å². The molecule has 0 radical (unpaired) electrons. The molecule has 0 spiro atoms. The molecular formula is C10H10Cl2IN. The van der Waals surface area contributed by atoms with Crippen LogP contribution in [0.2, 0.25) is 5.02 Å². The van der Waals surface area contributed by atoms with Crippen LogP contribution in [0.1, 0.15) is 6.92 Å². The van der Waals surface area contributed by atoms with E-state index in [2.05, 4.69) is 27.9 Å². The molecule has 0 bridgehead atoms. The summed E-state index contributed by atoms with van der Waals surface area (Å²) in [6, 6.07) is 5.89. The van der Waals surface area contributed by atoms with E-state index in [1.54, 1.807) is 5.54 Å². The Bertz CT molecular complexity index is 350. The highest BCUT2D eigenvalue weighted by molar-refractivity contribution is 14.1. The molecule has 76 valence electrons. The summed E-state index contributed by atoms with van der Waals surface area (Å²) in [5.41, 5.74) is 3.57. The fraction of sp³-hybridized carbons (Fsp3) is 0.200. The van der Waals surface area contributed by atoms with Crippen molar-refractivity contribution in [1.82, 2.24) is 0 Å². The van der Waals surface area contributed by atoms with E-state index in [9.17, 15) is 0 Å². The van der Waals surface area contributed by atoms with Gasteiger partial charge in [-0.15, -0.1) is 0 Å². The minimum atomic E-state index is 0.712. The van der Waals surface area contributed by atoms with Crippen LogP contribution in [0.25, 0.3) is 0 Å². The van der Waals surface area contributed by atoms with E-state index in [1.807, 2.05) is 25.1 Å². The third-order valence-electron chi connectivity index (χ3n) is 1.68. The van der Waals surface area contributed by atoms with Crippen molar-refractivity contribution in [3.8, 4) is 0 Å². The summed E-state index contributed by atoms with van der Waals surface area (Å²) in [6.45, 7) is 2.67. The fourth-order valence-electron chi connectivity index (χ4n) is 0.906. The third kappa shape index (κ3) is 3.67. The maximum Gasteiger partial charge on any atom is 0.0648 e. The van der Waals surface area contributed by atoms with Crippen LogP contribution in [0.3, 0.4) is 0 Å². The molecule has 0 aliphatic heterocycles. The van der Waals surface area contributed by atoms with E-state index >= 15 is 0 Å². The monoisotopic (exact) mass is 341 g/mol. The highest BCUT2D eigenvalue weighted by Gasteiger charge is 1.99. The van der Waals surface area contributed by atoms with Gasteiger partial charge in [0.15, 0.2) is 0 Å². The van der Waals surface area contributed by atoms with E-state index in [1.165, 1.54) is 0 Å². The van der Waals surface area contributed by atoms with Crippen molar-refractivity contribution >= 4 is 51.5 Å². The second-order valence-electron chi connectivity index (χ2n) is 2.93. The molecule has 14 heavy (non-hydrogen) atoms. The molecule has 0 heterocycles. The Morgan fingerprint density at radius 1 is 1.57 bits per heavy atom. The molecule has 0 amide bonds. The molecule has 1 aromatic rings. The lowest BCUT2D eigenvalue weighted by Crippen LogP contribution is -2.02. The summed E-state index contributed by atoms with van der Waals surface area (Å²) >= 11 is 13.8. The Morgan fingerprint density at radius 3 is 2.86 bits per heavy atom. The van der Waals surface area contributed by atoms with E-state index in [4.69, 9.17) is 23.2 Å². The number of hydrogen-bond donors (Lipinski definition) is 1. The first-order chi connectivity index (χ1) is 6.63. The first kappa shape index (κ1) is 12.1. The lowest BCUT2D eigenvalue weighted by atomic mass is 10.3. The van der Waals surface area contributed by atoms with E-state index in [0.717, 1.165) is 19.9 Å². The highest BCUT2D eigenvalue weighted by Crippen LogP contribution is 2.23. The van der Waals surface area contributed by atoms with Crippen LogP contribution in [0.5, 0.6) is 0 Å². The van der Waals surface area contributed by atoms with Gasteiger partial charge in [-0.1, -0.05) is 23.2 Å². The molecule has 0 saturated carbocycles. The van der Waals surface area contributed by atoms with Gasteiger partial charge in [-0.2, -0.15) is 0 Å². The lowest BCUT2D eigenvalue weighted by molar-refractivity contribution is 1.21. The average molecular weight is 342 g/mol. The van der Waals surface area contributed by atoms with Crippen LogP contribution in [0, 0.1) is 3.57 Å². The Labute approximate surface area is 108 Å². The number of hydrogen-bond acceptors (Lipinski definition) is 1. The normalized spacial score (nSPS) is 11.6. The quantitative estimate of drug-likeness (QED) is 0.798. The largest absolute Gasteiger partial charge is 0.380 e. The van der Waals surface area contributed by atoms with Gasteiger partial charge in [-0.25, -0.2) is 0 Å². The van der Waals surface area contributed by atoms with Crippen LogP contribution in [0.4, 0.5) is 5.69 Å². The standard InChI is InChI=1S/C10H10Cl2IN/c1-7(5-11)6-14-10-3-2-8(13)4-9(10)12/h2-5,14H,6H2,1H3/b7-5-. The van der Waals surface area contributed by atoms with Gasteiger partial charge >= 0.3 is 0 Å². The Balaban J connectivity index is 2.68. The SMILES string of the molecule is C/C(=C/Cl)CNc1ccc(I)cc1Cl. The average Bonchev–Trinajstić information content (AvgIpc) is 2.16. The van der Waals surface area contributed by atoms with Crippen LogP contribution in [0.15, 0.2) is 29.3 Å². The first-order valence-corrected chi connectivity index (χ1v) is 5.97. The number of rotatable bonds is 3. The third-order valence-corrected chi connectivity index (χ3v) is 3.03. The summed E-state index contributed by atoms with van der Waals surface area (Å²) in [6.07, 6.45) is 0. The van der Waals surface area contributed by atoms with Crippen LogP contribution in [-0.4, -0.2) is 6.54 Å². The first-order valence-electron chi connectivity index (χ1n) is 4.08. The van der Waals surface area contributed by atoms with Gasteiger partial charge in [0.2, 0.25) is 0 Å². The second kappa shape index (κ2) is 5.83. The summed E-state index contributed by atoms with van der Waals surface area (Å²) in [7, 11) is 0. The molecule has 1 rings (SSSR count). The van der Waals surface area contributed by atoms with Gasteiger partial charge in [0.1, 0.15) is 0 Å². The van der Waals surface area contributed by atoms with E-state index in [-0.39, 0.29) is 0 Å². The minimum absolute atomic E-state index is 0.712. The lowest BCUT2D eigenvalue weighted by Gasteiger charge is -2.08. The molecule has 0 fully saturated rings. The highest BCUT2D eigenvalue weighted by atomic mass is 127. The smallest absolute Gasteiger partial charge is 0.0648 e. The van der Waals surface area contributed by atoms with Crippen molar-refractivity contribution in [3.63, 3.8) is 0 Å².